The summed E-state index contributed by atoms with van der Waals surface area (Å²) in [6.07, 6.45) is 8.33. The van der Waals surface area contributed by atoms with Gasteiger partial charge in [0.15, 0.2) is 0 Å². The number of halogens is 1. The maximum Gasteiger partial charge on any atom is 0.260 e. The molecule has 2 amide bonds. The standard InChI is InChI=1S/C21H23BrN6O3S/c1-13-16(26-19(30)15-8-24-28-9-17(22)32-20(15)28)6-14(7-23-13)25-18(29)10-27-11-21(12-27)4-2-3-5-31-21/h6-9H,2-5,10-12H2,1H3,(H,25,29)(H,26,30). The Kier molecular flexibility index (Phi) is 5.74. The van der Waals surface area contributed by atoms with E-state index in [-0.39, 0.29) is 17.4 Å². The maximum atomic E-state index is 12.8. The molecule has 0 aromatic carbocycles. The summed E-state index contributed by atoms with van der Waals surface area (Å²) in [6, 6.07) is 1.73. The molecule has 3 aromatic rings. The third-order valence-corrected chi connectivity index (χ3v) is 7.45. The molecule has 32 heavy (non-hydrogen) atoms. The summed E-state index contributed by atoms with van der Waals surface area (Å²) in [5, 5.41) is 9.98. The SMILES string of the molecule is Cc1ncc(NC(=O)CN2CC3(CCCCO3)C2)cc1NC(=O)c1cnn2cc(Br)sc12. The lowest BCUT2D eigenvalue weighted by Gasteiger charge is -2.51. The van der Waals surface area contributed by atoms with Crippen LogP contribution in [0.1, 0.15) is 35.3 Å². The van der Waals surface area contributed by atoms with Crippen LogP contribution in [0.5, 0.6) is 0 Å². The summed E-state index contributed by atoms with van der Waals surface area (Å²) >= 11 is 4.84. The van der Waals surface area contributed by atoms with Gasteiger partial charge in [-0.1, -0.05) is 0 Å². The van der Waals surface area contributed by atoms with Crippen LogP contribution in [0.3, 0.4) is 0 Å². The van der Waals surface area contributed by atoms with Gasteiger partial charge in [0, 0.05) is 19.7 Å². The smallest absolute Gasteiger partial charge is 0.260 e. The number of carbonyl (C=O) groups excluding carboxylic acids is 2. The van der Waals surface area contributed by atoms with E-state index >= 15 is 0 Å². The molecule has 2 aliphatic rings. The fourth-order valence-electron chi connectivity index (χ4n) is 4.28. The first-order valence-corrected chi connectivity index (χ1v) is 12.1. The second kappa shape index (κ2) is 8.54. The van der Waals surface area contributed by atoms with E-state index in [1.165, 1.54) is 24.0 Å². The van der Waals surface area contributed by atoms with Crippen molar-refractivity contribution >= 4 is 55.3 Å². The number of nitrogens with one attached hydrogen (secondary N) is 2. The molecule has 0 unspecified atom stereocenters. The number of hydrogen-bond donors (Lipinski definition) is 2. The Hall–Kier alpha value is -2.34. The summed E-state index contributed by atoms with van der Waals surface area (Å²) in [5.74, 6) is -0.388. The monoisotopic (exact) mass is 518 g/mol. The highest BCUT2D eigenvalue weighted by Crippen LogP contribution is 2.33. The molecule has 0 saturated carbocycles. The fraction of sp³-hybridized carbons (Fsp3) is 0.429. The summed E-state index contributed by atoms with van der Waals surface area (Å²) in [5.41, 5.74) is 2.18. The topological polar surface area (TPSA) is 101 Å². The molecule has 168 valence electrons. The number of aryl methyl sites for hydroxylation is 1. The highest BCUT2D eigenvalue weighted by atomic mass is 79.9. The number of hydrogen-bond acceptors (Lipinski definition) is 7. The Balaban J connectivity index is 1.21. The number of aromatic nitrogens is 3. The number of anilines is 2. The van der Waals surface area contributed by atoms with Gasteiger partial charge in [-0.2, -0.15) is 5.10 Å². The van der Waals surface area contributed by atoms with Gasteiger partial charge in [0.05, 0.1) is 57.2 Å². The summed E-state index contributed by atoms with van der Waals surface area (Å²) in [7, 11) is 0. The van der Waals surface area contributed by atoms with Crippen molar-refractivity contribution in [3.05, 3.63) is 39.7 Å². The molecule has 2 saturated heterocycles. The van der Waals surface area contributed by atoms with Gasteiger partial charge in [0.1, 0.15) is 4.83 Å². The van der Waals surface area contributed by atoms with Crippen molar-refractivity contribution in [3.63, 3.8) is 0 Å². The predicted octanol–water partition coefficient (Wildman–Crippen LogP) is 3.31. The van der Waals surface area contributed by atoms with Gasteiger partial charge in [-0.15, -0.1) is 11.3 Å². The molecule has 2 fully saturated rings. The number of likely N-dealkylation sites (tertiary alicyclic amines) is 1. The van der Waals surface area contributed by atoms with Gasteiger partial charge < -0.3 is 15.4 Å². The number of fused-ring (bicyclic) bond motifs is 1. The van der Waals surface area contributed by atoms with Crippen molar-refractivity contribution in [2.45, 2.75) is 31.8 Å². The van der Waals surface area contributed by atoms with E-state index in [4.69, 9.17) is 4.74 Å². The Bertz CT molecular complexity index is 1180. The first-order chi connectivity index (χ1) is 15.4. The summed E-state index contributed by atoms with van der Waals surface area (Å²) in [4.78, 5) is 32.5. The molecule has 5 heterocycles. The van der Waals surface area contributed by atoms with Gasteiger partial charge in [-0.05, 0) is 48.2 Å². The zero-order valence-corrected chi connectivity index (χ0v) is 20.0. The lowest BCUT2D eigenvalue weighted by Crippen LogP contribution is -2.65. The van der Waals surface area contributed by atoms with E-state index in [0.717, 1.165) is 41.2 Å². The second-order valence-corrected chi connectivity index (χ2v) is 10.7. The zero-order valence-electron chi connectivity index (χ0n) is 17.6. The van der Waals surface area contributed by atoms with E-state index in [1.54, 1.807) is 29.9 Å². The molecule has 0 bridgehead atoms. The molecule has 2 N–H and O–H groups in total. The third kappa shape index (κ3) is 4.29. The van der Waals surface area contributed by atoms with Crippen LogP contribution in [0.25, 0.3) is 4.83 Å². The molecule has 1 spiro atoms. The van der Waals surface area contributed by atoms with Gasteiger partial charge in [0.25, 0.3) is 5.91 Å². The Morgan fingerprint density at radius 3 is 2.91 bits per heavy atom. The number of ether oxygens (including phenoxy) is 1. The van der Waals surface area contributed by atoms with Crippen LogP contribution >= 0.6 is 27.3 Å². The normalized spacial score (nSPS) is 17.9. The summed E-state index contributed by atoms with van der Waals surface area (Å²) < 4.78 is 8.47. The molecule has 0 atom stereocenters. The third-order valence-electron chi connectivity index (χ3n) is 5.86. The average molecular weight is 519 g/mol. The van der Waals surface area contributed by atoms with Crippen LogP contribution in [-0.2, 0) is 9.53 Å². The highest BCUT2D eigenvalue weighted by molar-refractivity contribution is 9.11. The second-order valence-electron chi connectivity index (χ2n) is 8.34. The van der Waals surface area contributed by atoms with Crippen LogP contribution in [-0.4, -0.2) is 63.2 Å². The van der Waals surface area contributed by atoms with Gasteiger partial charge in [0.2, 0.25) is 5.91 Å². The molecule has 9 nitrogen and oxygen atoms in total. The van der Waals surface area contributed by atoms with Crippen molar-refractivity contribution in [1.82, 2.24) is 19.5 Å². The highest BCUT2D eigenvalue weighted by Gasteiger charge is 2.45. The van der Waals surface area contributed by atoms with Crippen LogP contribution in [0.2, 0.25) is 0 Å². The molecular formula is C21H23BrN6O3S. The number of thiazole rings is 1. The van der Waals surface area contributed by atoms with E-state index < -0.39 is 0 Å². The van der Waals surface area contributed by atoms with Crippen molar-refractivity contribution in [2.75, 3.05) is 36.9 Å². The lowest BCUT2D eigenvalue weighted by molar-refractivity contribution is -0.167. The van der Waals surface area contributed by atoms with E-state index in [0.29, 0.717) is 29.2 Å². The van der Waals surface area contributed by atoms with Gasteiger partial charge in [-0.3, -0.25) is 19.5 Å². The van der Waals surface area contributed by atoms with Crippen molar-refractivity contribution < 1.29 is 14.3 Å². The zero-order chi connectivity index (χ0) is 22.3. The minimum Gasteiger partial charge on any atom is -0.372 e. The molecule has 0 radical (unpaired) electrons. The quantitative estimate of drug-likeness (QED) is 0.537. The Morgan fingerprint density at radius 2 is 2.12 bits per heavy atom. The Labute approximate surface area is 197 Å². The largest absolute Gasteiger partial charge is 0.372 e. The number of nitrogens with zero attached hydrogens (tertiary/aromatic N) is 4. The first-order valence-electron chi connectivity index (χ1n) is 10.5. The van der Waals surface area contributed by atoms with Crippen LogP contribution in [0.15, 0.2) is 28.4 Å². The number of rotatable bonds is 5. The minimum absolute atomic E-state index is 0.0428. The number of pyridine rings is 1. The van der Waals surface area contributed by atoms with Crippen molar-refractivity contribution in [3.8, 4) is 0 Å². The number of amides is 2. The van der Waals surface area contributed by atoms with Crippen molar-refractivity contribution in [1.29, 1.82) is 0 Å². The molecule has 3 aromatic heterocycles. The fourth-order valence-corrected chi connectivity index (χ4v) is 5.72. The molecule has 11 heteroatoms. The Morgan fingerprint density at radius 1 is 1.28 bits per heavy atom. The summed E-state index contributed by atoms with van der Waals surface area (Å²) in [6.45, 7) is 4.53. The van der Waals surface area contributed by atoms with Crippen molar-refractivity contribution in [2.24, 2.45) is 0 Å². The number of carbonyl (C=O) groups is 2. The van der Waals surface area contributed by atoms with E-state index in [1.807, 2.05) is 0 Å². The first kappa shape index (κ1) is 21.5. The minimum atomic E-state index is -0.277. The van der Waals surface area contributed by atoms with Crippen LogP contribution in [0, 0.1) is 6.92 Å². The van der Waals surface area contributed by atoms with E-state index in [9.17, 15) is 9.59 Å². The molecule has 5 rings (SSSR count). The van der Waals surface area contributed by atoms with Gasteiger partial charge in [-0.25, -0.2) is 4.52 Å². The van der Waals surface area contributed by atoms with Crippen LogP contribution in [0.4, 0.5) is 11.4 Å². The average Bonchev–Trinajstić information content (AvgIpc) is 3.29. The predicted molar refractivity (Wildman–Crippen MR) is 125 cm³/mol. The van der Waals surface area contributed by atoms with E-state index in [2.05, 4.69) is 41.5 Å². The maximum absolute atomic E-state index is 12.8. The van der Waals surface area contributed by atoms with Crippen LogP contribution < -0.4 is 10.6 Å². The molecule has 2 aliphatic heterocycles. The van der Waals surface area contributed by atoms with Gasteiger partial charge >= 0.3 is 0 Å². The lowest BCUT2D eigenvalue weighted by atomic mass is 9.86. The molecule has 0 aliphatic carbocycles. The molecular weight excluding hydrogens is 496 g/mol.